The number of thiophene rings is 1. The van der Waals surface area contributed by atoms with Crippen molar-refractivity contribution >= 4 is 11.3 Å². The van der Waals surface area contributed by atoms with Crippen LogP contribution in [-0.4, -0.2) is 6.10 Å². The molecule has 0 radical (unpaired) electrons. The van der Waals surface area contributed by atoms with Gasteiger partial charge in [-0.25, -0.2) is 0 Å². The molecule has 114 valence electrons. The van der Waals surface area contributed by atoms with Gasteiger partial charge in [-0.05, 0) is 45.4 Å². The predicted molar refractivity (Wildman–Crippen MR) is 91.2 cm³/mol. The molecule has 0 aliphatic carbocycles. The fourth-order valence-corrected chi connectivity index (χ4v) is 3.18. The standard InChI is InChI=1S/C18H25NOS/c1-5-15-10-11-16(21-15)12-19-14(4)17-8-6-7-9-18(17)20-13(2)3/h6-11,13-14,19H,5,12H2,1-4H3. The van der Waals surface area contributed by atoms with Gasteiger partial charge in [0.2, 0.25) is 0 Å². The van der Waals surface area contributed by atoms with Gasteiger partial charge in [0.1, 0.15) is 5.75 Å². The lowest BCUT2D eigenvalue weighted by molar-refractivity contribution is 0.238. The van der Waals surface area contributed by atoms with Crippen molar-refractivity contribution in [1.29, 1.82) is 0 Å². The van der Waals surface area contributed by atoms with E-state index < -0.39 is 0 Å². The fraction of sp³-hybridized carbons (Fsp3) is 0.444. The third-order valence-corrected chi connectivity index (χ3v) is 4.63. The number of rotatable bonds is 7. The first-order chi connectivity index (χ1) is 10.1. The van der Waals surface area contributed by atoms with Gasteiger partial charge in [-0.1, -0.05) is 25.1 Å². The molecule has 1 aromatic carbocycles. The summed E-state index contributed by atoms with van der Waals surface area (Å²) in [5.41, 5.74) is 1.22. The van der Waals surface area contributed by atoms with Gasteiger partial charge in [0.25, 0.3) is 0 Å². The molecule has 0 bridgehead atoms. The zero-order valence-electron chi connectivity index (χ0n) is 13.3. The number of nitrogens with one attached hydrogen (secondary N) is 1. The summed E-state index contributed by atoms with van der Waals surface area (Å²) in [5, 5.41) is 3.60. The second-order valence-corrected chi connectivity index (χ2v) is 6.78. The Labute approximate surface area is 132 Å². The zero-order chi connectivity index (χ0) is 15.2. The maximum Gasteiger partial charge on any atom is 0.124 e. The molecule has 0 fully saturated rings. The Kier molecular flexibility index (Phi) is 5.83. The van der Waals surface area contributed by atoms with Gasteiger partial charge in [0, 0.05) is 27.9 Å². The second-order valence-electron chi connectivity index (χ2n) is 5.53. The van der Waals surface area contributed by atoms with E-state index in [1.165, 1.54) is 15.3 Å². The van der Waals surface area contributed by atoms with Crippen LogP contribution in [0.15, 0.2) is 36.4 Å². The van der Waals surface area contributed by atoms with Crippen molar-refractivity contribution in [2.45, 2.75) is 52.8 Å². The van der Waals surface area contributed by atoms with Crippen LogP contribution >= 0.6 is 11.3 Å². The van der Waals surface area contributed by atoms with Crippen LogP contribution in [0, 0.1) is 0 Å². The second kappa shape index (κ2) is 7.62. The quantitative estimate of drug-likeness (QED) is 0.781. The lowest BCUT2D eigenvalue weighted by Gasteiger charge is -2.19. The first kappa shape index (κ1) is 16.1. The summed E-state index contributed by atoms with van der Waals surface area (Å²) in [4.78, 5) is 2.84. The molecule has 0 saturated carbocycles. The summed E-state index contributed by atoms with van der Waals surface area (Å²) in [5.74, 6) is 0.980. The minimum atomic E-state index is 0.197. The summed E-state index contributed by atoms with van der Waals surface area (Å²) in [6.45, 7) is 9.42. The van der Waals surface area contributed by atoms with E-state index in [9.17, 15) is 0 Å². The van der Waals surface area contributed by atoms with Crippen LogP contribution in [0.1, 0.15) is 49.1 Å². The highest BCUT2D eigenvalue weighted by Crippen LogP contribution is 2.26. The monoisotopic (exact) mass is 303 g/mol. The van der Waals surface area contributed by atoms with E-state index in [2.05, 4.69) is 57.3 Å². The van der Waals surface area contributed by atoms with E-state index in [4.69, 9.17) is 4.74 Å². The molecular formula is C18H25NOS. The van der Waals surface area contributed by atoms with Crippen molar-refractivity contribution in [3.05, 3.63) is 51.7 Å². The molecule has 1 N–H and O–H groups in total. The van der Waals surface area contributed by atoms with Crippen LogP contribution in [0.25, 0.3) is 0 Å². The highest BCUT2D eigenvalue weighted by molar-refractivity contribution is 7.11. The van der Waals surface area contributed by atoms with Crippen molar-refractivity contribution in [3.8, 4) is 5.75 Å². The van der Waals surface area contributed by atoms with E-state index in [0.29, 0.717) is 0 Å². The Bertz CT molecular complexity index is 562. The van der Waals surface area contributed by atoms with Crippen molar-refractivity contribution in [1.82, 2.24) is 5.32 Å². The van der Waals surface area contributed by atoms with Crippen LogP contribution in [0.2, 0.25) is 0 Å². The van der Waals surface area contributed by atoms with Gasteiger partial charge in [-0.2, -0.15) is 0 Å². The van der Waals surface area contributed by atoms with Gasteiger partial charge < -0.3 is 10.1 Å². The Morgan fingerprint density at radius 2 is 1.76 bits per heavy atom. The molecule has 0 aliphatic rings. The average Bonchev–Trinajstić information content (AvgIpc) is 2.93. The largest absolute Gasteiger partial charge is 0.491 e. The molecule has 3 heteroatoms. The van der Waals surface area contributed by atoms with Crippen LogP contribution in [0.4, 0.5) is 0 Å². The first-order valence-corrected chi connectivity index (χ1v) is 8.48. The molecule has 1 aromatic heterocycles. The highest BCUT2D eigenvalue weighted by Gasteiger charge is 2.12. The third-order valence-electron chi connectivity index (χ3n) is 3.40. The summed E-state index contributed by atoms with van der Waals surface area (Å²) in [6.07, 6.45) is 1.31. The van der Waals surface area contributed by atoms with E-state index in [-0.39, 0.29) is 12.1 Å². The average molecular weight is 303 g/mol. The van der Waals surface area contributed by atoms with E-state index in [1.54, 1.807) is 0 Å². The first-order valence-electron chi connectivity index (χ1n) is 7.66. The normalized spacial score (nSPS) is 12.6. The van der Waals surface area contributed by atoms with Gasteiger partial charge >= 0.3 is 0 Å². The maximum absolute atomic E-state index is 5.90. The van der Waals surface area contributed by atoms with Crippen molar-refractivity contribution in [2.75, 3.05) is 0 Å². The smallest absolute Gasteiger partial charge is 0.124 e. The Morgan fingerprint density at radius 1 is 1.05 bits per heavy atom. The molecule has 0 saturated heterocycles. The SMILES string of the molecule is CCc1ccc(CNC(C)c2ccccc2OC(C)C)s1. The minimum absolute atomic E-state index is 0.197. The molecule has 0 spiro atoms. The molecule has 2 rings (SSSR count). The number of benzene rings is 1. The van der Waals surface area contributed by atoms with Crippen LogP contribution in [0.3, 0.4) is 0 Å². The lowest BCUT2D eigenvalue weighted by atomic mass is 10.1. The number of ether oxygens (including phenoxy) is 1. The van der Waals surface area contributed by atoms with Gasteiger partial charge in [0.15, 0.2) is 0 Å². The Hall–Kier alpha value is -1.32. The lowest BCUT2D eigenvalue weighted by Crippen LogP contribution is -2.19. The third kappa shape index (κ3) is 4.58. The molecule has 21 heavy (non-hydrogen) atoms. The van der Waals surface area contributed by atoms with Crippen LogP contribution in [-0.2, 0) is 13.0 Å². The molecule has 2 nitrogen and oxygen atoms in total. The molecule has 1 atom stereocenters. The zero-order valence-corrected chi connectivity index (χ0v) is 14.2. The maximum atomic E-state index is 5.90. The van der Waals surface area contributed by atoms with E-state index >= 15 is 0 Å². The van der Waals surface area contributed by atoms with E-state index in [0.717, 1.165) is 18.7 Å². The Morgan fingerprint density at radius 3 is 2.43 bits per heavy atom. The van der Waals surface area contributed by atoms with Crippen molar-refractivity contribution in [2.24, 2.45) is 0 Å². The van der Waals surface area contributed by atoms with Gasteiger partial charge in [-0.15, -0.1) is 11.3 Å². The van der Waals surface area contributed by atoms with Crippen LogP contribution < -0.4 is 10.1 Å². The summed E-state index contributed by atoms with van der Waals surface area (Å²) in [7, 11) is 0. The van der Waals surface area contributed by atoms with Gasteiger partial charge in [-0.3, -0.25) is 0 Å². The molecule has 2 aromatic rings. The molecule has 1 heterocycles. The minimum Gasteiger partial charge on any atom is -0.491 e. The summed E-state index contributed by atoms with van der Waals surface area (Å²) >= 11 is 1.89. The van der Waals surface area contributed by atoms with Crippen molar-refractivity contribution in [3.63, 3.8) is 0 Å². The van der Waals surface area contributed by atoms with E-state index in [1.807, 2.05) is 23.5 Å². The predicted octanol–water partition coefficient (Wildman–Crippen LogP) is 4.95. The highest BCUT2D eigenvalue weighted by atomic mass is 32.1. The topological polar surface area (TPSA) is 21.3 Å². The number of aryl methyl sites for hydroxylation is 1. The molecular weight excluding hydrogens is 278 g/mol. The summed E-state index contributed by atoms with van der Waals surface area (Å²) < 4.78 is 5.90. The van der Waals surface area contributed by atoms with Crippen molar-refractivity contribution < 1.29 is 4.74 Å². The van der Waals surface area contributed by atoms with Crippen LogP contribution in [0.5, 0.6) is 5.75 Å². The molecule has 0 aliphatic heterocycles. The molecule has 1 unspecified atom stereocenters. The Balaban J connectivity index is 2.01. The van der Waals surface area contributed by atoms with Gasteiger partial charge in [0.05, 0.1) is 6.10 Å². The number of hydrogen-bond acceptors (Lipinski definition) is 3. The number of para-hydroxylation sites is 1. The number of hydrogen-bond donors (Lipinski definition) is 1. The molecule has 0 amide bonds. The summed E-state index contributed by atoms with van der Waals surface area (Å²) in [6, 6.07) is 13.0. The fourth-order valence-electron chi connectivity index (χ4n) is 2.27.